The minimum absolute atomic E-state index is 0.254. The molecule has 0 saturated heterocycles. The fourth-order valence-corrected chi connectivity index (χ4v) is 2.87. The van der Waals surface area contributed by atoms with Crippen LogP contribution in [0, 0.1) is 13.8 Å². The van der Waals surface area contributed by atoms with Gasteiger partial charge >= 0.3 is 6.03 Å². The van der Waals surface area contributed by atoms with Crippen molar-refractivity contribution in [2.45, 2.75) is 13.8 Å². The lowest BCUT2D eigenvalue weighted by molar-refractivity contribution is 0.0959. The van der Waals surface area contributed by atoms with Crippen molar-refractivity contribution in [3.05, 3.63) is 16.1 Å². The lowest BCUT2D eigenvalue weighted by Crippen LogP contribution is -2.37. The number of aryl methyl sites for hydroxylation is 2. The van der Waals surface area contributed by atoms with Crippen LogP contribution >= 0.6 is 11.3 Å². The monoisotopic (exact) mass is 308 g/mol. The smallest absolute Gasteiger partial charge is 0.312 e. The van der Waals surface area contributed by atoms with Gasteiger partial charge in [0.25, 0.3) is 5.91 Å². The number of carbonyl (C=O) groups is 2. The number of hydrogen-bond donors (Lipinski definition) is 4. The van der Waals surface area contributed by atoms with Crippen molar-refractivity contribution in [3.8, 4) is 0 Å². The summed E-state index contributed by atoms with van der Waals surface area (Å²) < 4.78 is 0. The number of amides is 3. The third kappa shape index (κ3) is 3.02. The van der Waals surface area contributed by atoms with Crippen LogP contribution in [0.5, 0.6) is 0 Å². The van der Waals surface area contributed by atoms with Gasteiger partial charge in [0.05, 0.1) is 11.4 Å². The van der Waals surface area contributed by atoms with Crippen molar-refractivity contribution >= 4 is 39.2 Å². The van der Waals surface area contributed by atoms with Crippen molar-refractivity contribution < 1.29 is 9.59 Å². The van der Waals surface area contributed by atoms with Crippen LogP contribution in [0.25, 0.3) is 10.2 Å². The summed E-state index contributed by atoms with van der Waals surface area (Å²) in [5.74, 6) is -0.307. The normalized spacial score (nSPS) is 10.6. The highest BCUT2D eigenvalue weighted by molar-refractivity contribution is 7.21. The number of anilines is 1. The lowest BCUT2D eigenvalue weighted by Gasteiger charge is -2.05. The standard InChI is InChI=1S/C12H16N6O2S/c1-5-6(2)17-18-11-7(5)8(13)9(21-11)10(19)15-3-4-16-12(14)20/h3-4,13H2,1-2H3,(H,15,19)(H3,14,16,20). The van der Waals surface area contributed by atoms with Gasteiger partial charge < -0.3 is 22.1 Å². The molecule has 0 aliphatic heterocycles. The molecule has 0 radical (unpaired) electrons. The van der Waals surface area contributed by atoms with Gasteiger partial charge in [-0.05, 0) is 19.4 Å². The Labute approximate surface area is 124 Å². The Morgan fingerprint density at radius 2 is 1.86 bits per heavy atom. The van der Waals surface area contributed by atoms with Crippen molar-refractivity contribution in [2.24, 2.45) is 5.73 Å². The summed E-state index contributed by atoms with van der Waals surface area (Å²) in [5.41, 5.74) is 13.1. The average molecular weight is 308 g/mol. The second-order valence-electron chi connectivity index (χ2n) is 4.48. The molecule has 9 heteroatoms. The molecule has 2 aromatic rings. The van der Waals surface area contributed by atoms with Crippen LogP contribution in [0.2, 0.25) is 0 Å². The number of nitrogens with one attached hydrogen (secondary N) is 2. The van der Waals surface area contributed by atoms with Crippen LogP contribution in [0.3, 0.4) is 0 Å². The third-order valence-corrected chi connectivity index (χ3v) is 4.14. The minimum atomic E-state index is -0.632. The van der Waals surface area contributed by atoms with Crippen molar-refractivity contribution in [3.63, 3.8) is 0 Å². The van der Waals surface area contributed by atoms with Crippen molar-refractivity contribution in [2.75, 3.05) is 18.8 Å². The van der Waals surface area contributed by atoms with E-state index in [1.54, 1.807) is 0 Å². The Hall–Kier alpha value is -2.42. The number of primary amides is 1. The Morgan fingerprint density at radius 1 is 1.19 bits per heavy atom. The van der Waals surface area contributed by atoms with E-state index in [0.717, 1.165) is 16.6 Å². The number of rotatable bonds is 4. The van der Waals surface area contributed by atoms with E-state index in [9.17, 15) is 9.59 Å². The second kappa shape index (κ2) is 5.92. The molecule has 2 aromatic heterocycles. The van der Waals surface area contributed by atoms with Crippen LogP contribution in [0.15, 0.2) is 0 Å². The predicted octanol–water partition coefficient (Wildman–Crippen LogP) is 0.288. The average Bonchev–Trinajstić information content (AvgIpc) is 2.76. The molecule has 0 aliphatic rings. The molecule has 0 unspecified atom stereocenters. The number of nitrogens with zero attached hydrogens (tertiary/aromatic N) is 2. The predicted molar refractivity (Wildman–Crippen MR) is 81.2 cm³/mol. The number of carbonyl (C=O) groups excluding carboxylic acids is 2. The van der Waals surface area contributed by atoms with Gasteiger partial charge in [0.15, 0.2) is 0 Å². The first-order valence-corrected chi connectivity index (χ1v) is 7.06. The van der Waals surface area contributed by atoms with Gasteiger partial charge in [-0.3, -0.25) is 4.79 Å². The Kier molecular flexibility index (Phi) is 4.22. The van der Waals surface area contributed by atoms with Crippen LogP contribution < -0.4 is 22.1 Å². The molecule has 0 fully saturated rings. The van der Waals surface area contributed by atoms with E-state index < -0.39 is 6.03 Å². The molecule has 0 spiro atoms. The lowest BCUT2D eigenvalue weighted by atomic mass is 10.1. The molecule has 0 bridgehead atoms. The molecular formula is C12H16N6O2S. The quantitative estimate of drug-likeness (QED) is 0.602. The Bertz CT molecular complexity index is 711. The summed E-state index contributed by atoms with van der Waals surface area (Å²) in [6.07, 6.45) is 0. The zero-order chi connectivity index (χ0) is 15.6. The zero-order valence-electron chi connectivity index (χ0n) is 11.7. The topological polar surface area (TPSA) is 136 Å². The van der Waals surface area contributed by atoms with Gasteiger partial charge in [-0.1, -0.05) is 0 Å². The Morgan fingerprint density at radius 3 is 2.52 bits per heavy atom. The van der Waals surface area contributed by atoms with Gasteiger partial charge in [-0.2, -0.15) is 5.10 Å². The fraction of sp³-hybridized carbons (Fsp3) is 0.333. The molecule has 0 atom stereocenters. The van der Waals surface area contributed by atoms with Gasteiger partial charge in [0.1, 0.15) is 9.71 Å². The maximum atomic E-state index is 12.1. The van der Waals surface area contributed by atoms with E-state index in [4.69, 9.17) is 11.5 Å². The molecule has 0 aromatic carbocycles. The zero-order valence-corrected chi connectivity index (χ0v) is 12.5. The maximum absolute atomic E-state index is 12.1. The van der Waals surface area contributed by atoms with Gasteiger partial charge in [0, 0.05) is 18.5 Å². The van der Waals surface area contributed by atoms with E-state index in [-0.39, 0.29) is 19.0 Å². The largest absolute Gasteiger partial charge is 0.397 e. The number of fused-ring (bicyclic) bond motifs is 1. The number of nitrogens with two attached hydrogens (primary N) is 2. The summed E-state index contributed by atoms with van der Waals surface area (Å²) in [6, 6.07) is -0.632. The van der Waals surface area contributed by atoms with Crippen LogP contribution in [0.4, 0.5) is 10.5 Å². The van der Waals surface area contributed by atoms with Gasteiger partial charge in [-0.25, -0.2) is 4.79 Å². The molecule has 21 heavy (non-hydrogen) atoms. The summed E-state index contributed by atoms with van der Waals surface area (Å²) in [4.78, 5) is 23.7. The molecule has 2 rings (SSSR count). The minimum Gasteiger partial charge on any atom is -0.397 e. The number of hydrogen-bond acceptors (Lipinski definition) is 6. The van der Waals surface area contributed by atoms with Crippen LogP contribution in [-0.4, -0.2) is 35.2 Å². The molecule has 6 N–H and O–H groups in total. The van der Waals surface area contributed by atoms with Crippen LogP contribution in [-0.2, 0) is 0 Å². The third-order valence-electron chi connectivity index (χ3n) is 3.05. The number of nitrogen functional groups attached to an aromatic ring is 1. The van der Waals surface area contributed by atoms with Crippen LogP contribution in [0.1, 0.15) is 20.9 Å². The van der Waals surface area contributed by atoms with Gasteiger partial charge in [-0.15, -0.1) is 16.4 Å². The summed E-state index contributed by atoms with van der Waals surface area (Å²) in [5, 5.41) is 13.9. The van der Waals surface area contributed by atoms with Crippen molar-refractivity contribution in [1.82, 2.24) is 20.8 Å². The SMILES string of the molecule is Cc1nnc2sc(C(=O)NCCNC(N)=O)c(N)c2c1C. The van der Waals surface area contributed by atoms with E-state index >= 15 is 0 Å². The van der Waals surface area contributed by atoms with E-state index in [1.807, 2.05) is 13.8 Å². The fourth-order valence-electron chi connectivity index (χ4n) is 1.85. The summed E-state index contributed by atoms with van der Waals surface area (Å²) >= 11 is 1.20. The molecule has 0 saturated carbocycles. The summed E-state index contributed by atoms with van der Waals surface area (Å²) in [7, 11) is 0. The highest BCUT2D eigenvalue weighted by atomic mass is 32.1. The maximum Gasteiger partial charge on any atom is 0.312 e. The number of urea groups is 1. The van der Waals surface area contributed by atoms with Crippen molar-refractivity contribution in [1.29, 1.82) is 0 Å². The summed E-state index contributed by atoms with van der Waals surface area (Å²) in [6.45, 7) is 4.25. The van der Waals surface area contributed by atoms with E-state index in [0.29, 0.717) is 15.4 Å². The highest BCUT2D eigenvalue weighted by Gasteiger charge is 2.19. The number of thiophene rings is 1. The molecule has 8 nitrogen and oxygen atoms in total. The highest BCUT2D eigenvalue weighted by Crippen LogP contribution is 2.34. The molecule has 112 valence electrons. The van der Waals surface area contributed by atoms with E-state index in [2.05, 4.69) is 20.8 Å². The first-order chi connectivity index (χ1) is 9.91. The molecule has 0 aliphatic carbocycles. The molecule has 2 heterocycles. The molecular weight excluding hydrogens is 292 g/mol. The first kappa shape index (κ1) is 15.0. The second-order valence-corrected chi connectivity index (χ2v) is 5.48. The van der Waals surface area contributed by atoms with Gasteiger partial charge in [0.2, 0.25) is 0 Å². The first-order valence-electron chi connectivity index (χ1n) is 6.25. The van der Waals surface area contributed by atoms with E-state index in [1.165, 1.54) is 11.3 Å². The number of aromatic nitrogens is 2. The molecule has 3 amide bonds. The Balaban J connectivity index is 2.18.